The molecule has 4 rings (SSSR count). The first-order valence-electron chi connectivity index (χ1n) is 10.0. The van der Waals surface area contributed by atoms with E-state index in [4.69, 9.17) is 9.26 Å². The van der Waals surface area contributed by atoms with Gasteiger partial charge in [0.05, 0.1) is 12.7 Å². The van der Waals surface area contributed by atoms with Crippen molar-refractivity contribution in [1.29, 1.82) is 0 Å². The molecule has 1 aromatic carbocycles. The van der Waals surface area contributed by atoms with E-state index in [0.717, 1.165) is 31.8 Å². The fourth-order valence-corrected chi connectivity index (χ4v) is 3.41. The molecule has 1 unspecified atom stereocenters. The first kappa shape index (κ1) is 20.2. The number of rotatable bonds is 8. The minimum atomic E-state index is -0.0678. The Kier molecular flexibility index (Phi) is 6.45. The third-order valence-electron chi connectivity index (χ3n) is 4.87. The first-order chi connectivity index (χ1) is 14.7. The Hall–Kier alpha value is -3.11. The number of nitrogens with zero attached hydrogens (tertiary/aromatic N) is 5. The van der Waals surface area contributed by atoms with Crippen molar-refractivity contribution in [3.05, 3.63) is 47.6 Å². The molecule has 2 N–H and O–H groups in total. The number of benzene rings is 1. The molecule has 0 aliphatic carbocycles. The van der Waals surface area contributed by atoms with Gasteiger partial charge >= 0.3 is 0 Å². The van der Waals surface area contributed by atoms with Gasteiger partial charge in [-0.2, -0.15) is 10.1 Å². The van der Waals surface area contributed by atoms with Gasteiger partial charge in [0.1, 0.15) is 6.33 Å². The van der Waals surface area contributed by atoms with Crippen LogP contribution in [0.2, 0.25) is 0 Å². The third-order valence-corrected chi connectivity index (χ3v) is 4.87. The number of carbonyl (C=O) groups is 1. The topological polar surface area (TPSA) is 122 Å². The van der Waals surface area contributed by atoms with E-state index in [1.54, 1.807) is 0 Å². The smallest absolute Gasteiger partial charge is 0.239 e. The molecule has 1 fully saturated rings. The van der Waals surface area contributed by atoms with Crippen LogP contribution in [-0.2, 0) is 29.0 Å². The number of morpholine rings is 1. The Morgan fingerprint density at radius 2 is 2.27 bits per heavy atom. The van der Waals surface area contributed by atoms with Crippen LogP contribution in [0.25, 0.3) is 11.6 Å². The SMILES string of the molecule is CC1CN(Cc2cccc(CNC(=O)CCc3nc(-c4ncn[nH]4)no3)c2)CCO1. The van der Waals surface area contributed by atoms with E-state index in [1.165, 1.54) is 11.9 Å². The molecule has 3 heterocycles. The van der Waals surface area contributed by atoms with Gasteiger partial charge in [-0.25, -0.2) is 4.98 Å². The number of aromatic amines is 1. The second-order valence-electron chi connectivity index (χ2n) is 7.36. The van der Waals surface area contributed by atoms with Crippen molar-refractivity contribution in [3.8, 4) is 11.6 Å². The Morgan fingerprint density at radius 3 is 3.10 bits per heavy atom. The number of hydrogen-bond acceptors (Lipinski definition) is 8. The van der Waals surface area contributed by atoms with Crippen LogP contribution in [0.4, 0.5) is 0 Å². The van der Waals surface area contributed by atoms with E-state index in [-0.39, 0.29) is 18.4 Å². The van der Waals surface area contributed by atoms with Gasteiger partial charge in [0, 0.05) is 39.0 Å². The highest BCUT2D eigenvalue weighted by Crippen LogP contribution is 2.13. The summed E-state index contributed by atoms with van der Waals surface area (Å²) in [7, 11) is 0. The van der Waals surface area contributed by atoms with Gasteiger partial charge in [0.2, 0.25) is 17.6 Å². The lowest BCUT2D eigenvalue weighted by Gasteiger charge is -2.31. The minimum Gasteiger partial charge on any atom is -0.376 e. The molecule has 1 aliphatic heterocycles. The predicted molar refractivity (Wildman–Crippen MR) is 107 cm³/mol. The summed E-state index contributed by atoms with van der Waals surface area (Å²) in [6.45, 7) is 6.13. The summed E-state index contributed by atoms with van der Waals surface area (Å²) in [6, 6.07) is 8.31. The van der Waals surface area contributed by atoms with E-state index in [1.807, 2.05) is 12.1 Å². The second kappa shape index (κ2) is 9.59. The molecule has 0 bridgehead atoms. The fraction of sp³-hybridized carbons (Fsp3) is 0.450. The molecule has 1 amide bonds. The number of ether oxygens (including phenoxy) is 1. The standard InChI is InChI=1S/C20H25N7O3/c1-14-11-27(7-8-29-14)12-16-4-2-3-15(9-16)10-21-17(28)5-6-18-24-20(26-30-18)19-22-13-23-25-19/h2-4,9,13-14H,5-8,10-12H2,1H3,(H,21,28)(H,22,23,25). The zero-order valence-electron chi connectivity index (χ0n) is 16.9. The molecule has 3 aromatic rings. The van der Waals surface area contributed by atoms with Gasteiger partial charge in [-0.05, 0) is 18.1 Å². The summed E-state index contributed by atoms with van der Waals surface area (Å²) < 4.78 is 10.8. The van der Waals surface area contributed by atoms with E-state index in [0.29, 0.717) is 30.5 Å². The van der Waals surface area contributed by atoms with Gasteiger partial charge in [0.15, 0.2) is 5.82 Å². The van der Waals surface area contributed by atoms with Crippen molar-refractivity contribution in [2.45, 2.75) is 39.0 Å². The van der Waals surface area contributed by atoms with Crippen LogP contribution >= 0.6 is 0 Å². The molecule has 10 heteroatoms. The molecular formula is C20H25N7O3. The first-order valence-corrected chi connectivity index (χ1v) is 10.0. The van der Waals surface area contributed by atoms with Crippen LogP contribution in [0.15, 0.2) is 35.1 Å². The Morgan fingerprint density at radius 1 is 1.37 bits per heavy atom. The highest BCUT2D eigenvalue weighted by atomic mass is 16.5. The molecule has 0 spiro atoms. The number of H-pyrrole nitrogens is 1. The van der Waals surface area contributed by atoms with E-state index >= 15 is 0 Å². The van der Waals surface area contributed by atoms with Gasteiger partial charge in [-0.1, -0.05) is 29.4 Å². The van der Waals surface area contributed by atoms with E-state index in [9.17, 15) is 4.79 Å². The maximum absolute atomic E-state index is 12.2. The van der Waals surface area contributed by atoms with Gasteiger partial charge in [0.25, 0.3) is 0 Å². The lowest BCUT2D eigenvalue weighted by molar-refractivity contribution is -0.121. The quantitative estimate of drug-likeness (QED) is 0.569. The highest BCUT2D eigenvalue weighted by Gasteiger charge is 2.17. The average molecular weight is 411 g/mol. The summed E-state index contributed by atoms with van der Waals surface area (Å²) in [6.07, 6.45) is 2.27. The van der Waals surface area contributed by atoms with Crippen molar-refractivity contribution < 1.29 is 14.1 Å². The lowest BCUT2D eigenvalue weighted by atomic mass is 10.1. The normalized spacial score (nSPS) is 17.2. The van der Waals surface area contributed by atoms with Crippen molar-refractivity contribution in [2.75, 3.05) is 19.7 Å². The largest absolute Gasteiger partial charge is 0.376 e. The van der Waals surface area contributed by atoms with Crippen molar-refractivity contribution in [2.24, 2.45) is 0 Å². The molecule has 2 aromatic heterocycles. The maximum atomic E-state index is 12.2. The fourth-order valence-electron chi connectivity index (χ4n) is 3.41. The highest BCUT2D eigenvalue weighted by molar-refractivity contribution is 5.76. The Bertz CT molecular complexity index is 957. The van der Waals surface area contributed by atoms with Gasteiger partial charge in [-0.15, -0.1) is 0 Å². The number of amides is 1. The molecule has 1 aliphatic rings. The van der Waals surface area contributed by atoms with Crippen LogP contribution < -0.4 is 5.32 Å². The molecule has 158 valence electrons. The van der Waals surface area contributed by atoms with Crippen molar-refractivity contribution in [1.82, 2.24) is 35.5 Å². The molecule has 30 heavy (non-hydrogen) atoms. The molecule has 0 saturated carbocycles. The molecule has 1 saturated heterocycles. The molecule has 10 nitrogen and oxygen atoms in total. The summed E-state index contributed by atoms with van der Waals surface area (Å²) >= 11 is 0. The zero-order chi connectivity index (χ0) is 20.8. The predicted octanol–water partition coefficient (Wildman–Crippen LogP) is 1.32. The molecule has 0 radical (unpaired) electrons. The average Bonchev–Trinajstić information content (AvgIpc) is 3.43. The molecular weight excluding hydrogens is 386 g/mol. The van der Waals surface area contributed by atoms with E-state index in [2.05, 4.69) is 54.6 Å². The zero-order valence-corrected chi connectivity index (χ0v) is 16.9. The van der Waals surface area contributed by atoms with Gasteiger partial charge < -0.3 is 14.6 Å². The van der Waals surface area contributed by atoms with Crippen molar-refractivity contribution >= 4 is 5.91 Å². The lowest BCUT2D eigenvalue weighted by Crippen LogP contribution is -2.40. The Balaban J connectivity index is 1.23. The summed E-state index contributed by atoms with van der Waals surface area (Å²) in [4.78, 5) is 22.8. The second-order valence-corrected chi connectivity index (χ2v) is 7.36. The van der Waals surface area contributed by atoms with Crippen molar-refractivity contribution in [3.63, 3.8) is 0 Å². The summed E-state index contributed by atoms with van der Waals surface area (Å²) in [5, 5.41) is 13.2. The number of aromatic nitrogens is 5. The van der Waals surface area contributed by atoms with Crippen LogP contribution in [0.3, 0.4) is 0 Å². The molecule has 1 atom stereocenters. The van der Waals surface area contributed by atoms with Crippen LogP contribution in [0.1, 0.15) is 30.4 Å². The summed E-state index contributed by atoms with van der Waals surface area (Å²) in [5.74, 6) is 1.08. The summed E-state index contributed by atoms with van der Waals surface area (Å²) in [5.41, 5.74) is 2.31. The van der Waals surface area contributed by atoms with E-state index < -0.39 is 0 Å². The number of nitrogens with one attached hydrogen (secondary N) is 2. The van der Waals surface area contributed by atoms with Crippen LogP contribution in [0.5, 0.6) is 0 Å². The monoisotopic (exact) mass is 411 g/mol. The van der Waals surface area contributed by atoms with Gasteiger partial charge in [-0.3, -0.25) is 14.8 Å². The Labute approximate surface area is 174 Å². The van der Waals surface area contributed by atoms with Crippen LogP contribution in [0, 0.1) is 0 Å². The maximum Gasteiger partial charge on any atom is 0.239 e. The number of carbonyl (C=O) groups excluding carboxylic acids is 1. The van der Waals surface area contributed by atoms with Crippen LogP contribution in [-0.4, -0.2) is 61.9 Å². The minimum absolute atomic E-state index is 0.0678. The third kappa shape index (κ3) is 5.49. The number of aryl methyl sites for hydroxylation is 1. The number of hydrogen-bond donors (Lipinski definition) is 2.